The summed E-state index contributed by atoms with van der Waals surface area (Å²) in [6.45, 7) is 0.968. The number of unbranched alkanes of at least 4 members (excludes halogenated alkanes) is 1. The molecule has 15 nitrogen and oxygen atoms in total. The zero-order valence-electron chi connectivity index (χ0n) is 19.3. The molecule has 0 aliphatic heterocycles. The van der Waals surface area contributed by atoms with Crippen LogP contribution >= 0.6 is 0 Å². The van der Waals surface area contributed by atoms with Gasteiger partial charge in [-0.3, -0.25) is 19.4 Å². The number of guanidine groups is 1. The summed E-state index contributed by atoms with van der Waals surface area (Å²) in [6.07, 6.45) is 0.453. The van der Waals surface area contributed by atoms with Gasteiger partial charge in [0.05, 0.1) is 18.8 Å². The van der Waals surface area contributed by atoms with E-state index in [1.54, 1.807) is 0 Å². The van der Waals surface area contributed by atoms with Gasteiger partial charge in [-0.15, -0.1) is 0 Å². The van der Waals surface area contributed by atoms with Crippen molar-refractivity contribution in [2.45, 2.75) is 69.3 Å². The van der Waals surface area contributed by atoms with Gasteiger partial charge in [0, 0.05) is 6.54 Å². The summed E-state index contributed by atoms with van der Waals surface area (Å²) in [6, 6.07) is -5.27. The average Bonchev–Trinajstić information content (AvgIpc) is 2.76. The Balaban J connectivity index is 5.05. The molecule has 0 fully saturated rings. The molecule has 34 heavy (non-hydrogen) atoms. The fraction of sp³-hybridized carbons (Fsp3) is 0.737. The Morgan fingerprint density at radius 3 is 2.03 bits per heavy atom. The topological polar surface area (TPSA) is 282 Å². The van der Waals surface area contributed by atoms with Gasteiger partial charge in [0.2, 0.25) is 17.7 Å². The van der Waals surface area contributed by atoms with Crippen molar-refractivity contribution in [2.75, 3.05) is 19.7 Å². The van der Waals surface area contributed by atoms with E-state index in [0.717, 1.165) is 0 Å². The van der Waals surface area contributed by atoms with E-state index in [0.29, 0.717) is 25.8 Å². The maximum atomic E-state index is 12.6. The number of nitrogens with zero attached hydrogens (tertiary/aromatic N) is 1. The molecule has 0 saturated carbocycles. The Bertz CT molecular complexity index is 700. The van der Waals surface area contributed by atoms with Crippen LogP contribution in [0.1, 0.15) is 39.0 Å². The normalized spacial score (nSPS) is 15.2. The molecule has 5 atom stereocenters. The number of carboxylic acid groups (broad SMARTS) is 1. The van der Waals surface area contributed by atoms with Gasteiger partial charge in [-0.1, -0.05) is 6.42 Å². The zero-order chi connectivity index (χ0) is 26.3. The first-order chi connectivity index (χ1) is 15.9. The number of carbonyl (C=O) groups excluding carboxylic acids is 3. The molecular weight excluding hydrogens is 452 g/mol. The summed E-state index contributed by atoms with van der Waals surface area (Å²) < 4.78 is 0. The van der Waals surface area contributed by atoms with Crippen LogP contribution in [0.25, 0.3) is 0 Å². The second-order valence-corrected chi connectivity index (χ2v) is 7.71. The van der Waals surface area contributed by atoms with Gasteiger partial charge < -0.3 is 54.2 Å². The SMILES string of the molecule is CC(O)C(NC(=O)C(N)CCCCN)C(=O)NC(CO)C(=O)NC(CCCN=C(N)N)C(=O)O. The van der Waals surface area contributed by atoms with Crippen molar-refractivity contribution in [3.8, 4) is 0 Å². The number of aliphatic imine (C=N–C) groups is 1. The van der Waals surface area contributed by atoms with E-state index >= 15 is 0 Å². The summed E-state index contributed by atoms with van der Waals surface area (Å²) in [5.74, 6) is -4.12. The Labute approximate surface area is 197 Å². The third-order valence-corrected chi connectivity index (χ3v) is 4.74. The standard InChI is InChI=1S/C19H38N8O7/c1-10(29)14(27-15(30)11(21)5-2-3-7-20)17(32)26-13(9-28)16(31)25-12(18(33)34)6-4-8-24-19(22)23/h10-14,28-29H,2-9,20-21H2,1H3,(H,25,31)(H,26,32)(H,27,30)(H,33,34)(H4,22,23,24). The Hall–Kier alpha value is -3.01. The second-order valence-electron chi connectivity index (χ2n) is 7.71. The lowest BCUT2D eigenvalue weighted by Gasteiger charge is -2.25. The van der Waals surface area contributed by atoms with Crippen molar-refractivity contribution < 1.29 is 34.5 Å². The van der Waals surface area contributed by atoms with E-state index < -0.39 is 60.6 Å². The summed E-state index contributed by atoms with van der Waals surface area (Å²) >= 11 is 0. The number of aliphatic carboxylic acids is 1. The minimum Gasteiger partial charge on any atom is -0.480 e. The van der Waals surface area contributed by atoms with Crippen LogP contribution in [0.3, 0.4) is 0 Å². The van der Waals surface area contributed by atoms with E-state index in [4.69, 9.17) is 22.9 Å². The molecule has 0 saturated heterocycles. The Morgan fingerprint density at radius 1 is 0.912 bits per heavy atom. The minimum absolute atomic E-state index is 0.0155. The first-order valence-electron chi connectivity index (χ1n) is 10.9. The summed E-state index contributed by atoms with van der Waals surface area (Å²) in [5, 5.41) is 35.5. The number of aliphatic hydroxyl groups excluding tert-OH is 2. The molecule has 0 rings (SSSR count). The maximum Gasteiger partial charge on any atom is 0.326 e. The van der Waals surface area contributed by atoms with Crippen molar-refractivity contribution in [1.29, 1.82) is 0 Å². The predicted octanol–water partition coefficient (Wildman–Crippen LogP) is -4.59. The molecule has 0 aliphatic carbocycles. The van der Waals surface area contributed by atoms with Crippen LogP contribution < -0.4 is 38.9 Å². The third kappa shape index (κ3) is 12.3. The number of rotatable bonds is 17. The lowest BCUT2D eigenvalue weighted by atomic mass is 10.1. The van der Waals surface area contributed by atoms with Crippen LogP contribution in [0.15, 0.2) is 4.99 Å². The predicted molar refractivity (Wildman–Crippen MR) is 123 cm³/mol. The van der Waals surface area contributed by atoms with Crippen LogP contribution in [0.5, 0.6) is 0 Å². The van der Waals surface area contributed by atoms with Gasteiger partial charge >= 0.3 is 5.97 Å². The number of amides is 3. The molecule has 15 heteroatoms. The van der Waals surface area contributed by atoms with Crippen molar-refractivity contribution >= 4 is 29.7 Å². The first-order valence-corrected chi connectivity index (χ1v) is 10.9. The number of aliphatic hydroxyl groups is 2. The monoisotopic (exact) mass is 490 g/mol. The van der Waals surface area contributed by atoms with Gasteiger partial charge in [-0.25, -0.2) is 4.79 Å². The molecule has 196 valence electrons. The molecule has 0 bridgehead atoms. The first kappa shape index (κ1) is 31.0. The molecule has 0 radical (unpaired) electrons. The highest BCUT2D eigenvalue weighted by molar-refractivity contribution is 5.94. The van der Waals surface area contributed by atoms with Gasteiger partial charge in [-0.2, -0.15) is 0 Å². The van der Waals surface area contributed by atoms with Gasteiger partial charge in [0.15, 0.2) is 5.96 Å². The quantitative estimate of drug-likeness (QED) is 0.0525. The molecule has 0 heterocycles. The number of hydrogen-bond donors (Lipinski definition) is 10. The van der Waals surface area contributed by atoms with Crippen LogP contribution in [0, 0.1) is 0 Å². The number of carbonyl (C=O) groups is 4. The van der Waals surface area contributed by atoms with E-state index in [9.17, 15) is 34.5 Å². The highest BCUT2D eigenvalue weighted by Crippen LogP contribution is 2.03. The molecule has 5 unspecified atom stereocenters. The van der Waals surface area contributed by atoms with Crippen LogP contribution in [0.4, 0.5) is 0 Å². The Kier molecular flexibility index (Phi) is 15.1. The smallest absolute Gasteiger partial charge is 0.326 e. The zero-order valence-corrected chi connectivity index (χ0v) is 19.3. The largest absolute Gasteiger partial charge is 0.480 e. The van der Waals surface area contributed by atoms with Gasteiger partial charge in [0.25, 0.3) is 0 Å². The van der Waals surface area contributed by atoms with E-state index in [1.807, 2.05) is 0 Å². The molecule has 0 aliphatic rings. The fourth-order valence-corrected chi connectivity index (χ4v) is 2.79. The van der Waals surface area contributed by atoms with Crippen molar-refractivity contribution in [1.82, 2.24) is 16.0 Å². The molecule has 0 spiro atoms. The third-order valence-electron chi connectivity index (χ3n) is 4.74. The number of hydrogen-bond acceptors (Lipinski definition) is 9. The summed E-state index contributed by atoms with van der Waals surface area (Å²) in [5.41, 5.74) is 21.6. The Morgan fingerprint density at radius 2 is 1.53 bits per heavy atom. The van der Waals surface area contributed by atoms with E-state index in [-0.39, 0.29) is 25.3 Å². The number of nitrogens with one attached hydrogen (secondary N) is 3. The maximum absolute atomic E-state index is 12.6. The second kappa shape index (κ2) is 16.6. The number of nitrogens with two attached hydrogens (primary N) is 4. The lowest BCUT2D eigenvalue weighted by molar-refractivity contribution is -0.143. The molecule has 14 N–H and O–H groups in total. The molecule has 3 amide bonds. The van der Waals surface area contributed by atoms with Gasteiger partial charge in [-0.05, 0) is 39.2 Å². The molecular formula is C19H38N8O7. The average molecular weight is 491 g/mol. The molecule has 0 aromatic rings. The lowest BCUT2D eigenvalue weighted by Crippen LogP contribution is -2.60. The van der Waals surface area contributed by atoms with Crippen LogP contribution in [-0.4, -0.2) is 94.9 Å². The highest BCUT2D eigenvalue weighted by Gasteiger charge is 2.32. The van der Waals surface area contributed by atoms with Crippen molar-refractivity contribution in [3.63, 3.8) is 0 Å². The van der Waals surface area contributed by atoms with Crippen molar-refractivity contribution in [3.05, 3.63) is 0 Å². The van der Waals surface area contributed by atoms with Crippen molar-refractivity contribution in [2.24, 2.45) is 27.9 Å². The van der Waals surface area contributed by atoms with Gasteiger partial charge in [0.1, 0.15) is 18.1 Å². The molecule has 0 aromatic heterocycles. The van der Waals surface area contributed by atoms with Crippen LogP contribution in [-0.2, 0) is 19.2 Å². The molecule has 0 aromatic carbocycles. The minimum atomic E-state index is -1.54. The highest BCUT2D eigenvalue weighted by atomic mass is 16.4. The van der Waals surface area contributed by atoms with E-state index in [1.165, 1.54) is 6.92 Å². The van der Waals surface area contributed by atoms with E-state index in [2.05, 4.69) is 20.9 Å². The van der Waals surface area contributed by atoms with Crippen LogP contribution in [0.2, 0.25) is 0 Å². The summed E-state index contributed by atoms with van der Waals surface area (Å²) in [4.78, 5) is 52.4. The summed E-state index contributed by atoms with van der Waals surface area (Å²) in [7, 11) is 0. The fourth-order valence-electron chi connectivity index (χ4n) is 2.79. The number of carboxylic acids is 1.